The van der Waals surface area contributed by atoms with Gasteiger partial charge in [-0.1, -0.05) is 102 Å². The second-order valence-corrected chi connectivity index (χ2v) is 14.5. The van der Waals surface area contributed by atoms with Crippen molar-refractivity contribution in [1.29, 1.82) is 5.26 Å². The van der Waals surface area contributed by atoms with Gasteiger partial charge in [-0.05, 0) is 77.2 Å². The zero-order chi connectivity index (χ0) is 35.4. The molecule has 0 amide bonds. The van der Waals surface area contributed by atoms with Crippen LogP contribution in [0.5, 0.6) is 0 Å². The smallest absolute Gasteiger partial charge is 0.291 e. The number of anilines is 3. The first-order chi connectivity index (χ1) is 24.0. The van der Waals surface area contributed by atoms with Crippen molar-refractivity contribution in [2.24, 2.45) is 5.41 Å². The molecule has 3 aromatic heterocycles. The van der Waals surface area contributed by atoms with Crippen LogP contribution in [0.4, 0.5) is 26.1 Å². The maximum Gasteiger partial charge on any atom is 2.00 e. The van der Waals surface area contributed by atoms with Gasteiger partial charge in [0.2, 0.25) is 0 Å². The van der Waals surface area contributed by atoms with Crippen molar-refractivity contribution in [1.82, 2.24) is 19.7 Å². The Balaban J connectivity index is 0.00000504. The van der Waals surface area contributed by atoms with Gasteiger partial charge >= 0.3 is 21.1 Å². The second kappa shape index (κ2) is 16.4. The summed E-state index contributed by atoms with van der Waals surface area (Å²) in [7, 11) is 0. The number of aryl methyl sites for hydroxylation is 1. The van der Waals surface area contributed by atoms with Gasteiger partial charge < -0.3 is 0 Å². The number of hydrogen-bond donors (Lipinski definition) is 0. The number of rotatable bonds is 11. The Bertz CT molecular complexity index is 1980. The molecule has 0 N–H and O–H groups in total. The normalized spacial score (nSPS) is 14.0. The first-order valence-electron chi connectivity index (χ1n) is 17.7. The van der Waals surface area contributed by atoms with Crippen LogP contribution in [0.2, 0.25) is 0 Å². The average Bonchev–Trinajstić information content (AvgIpc) is 3.58. The summed E-state index contributed by atoms with van der Waals surface area (Å²) in [6.07, 6.45) is 11.5. The summed E-state index contributed by atoms with van der Waals surface area (Å²) in [4.78, 5) is 10.1. The zero-order valence-corrected chi connectivity index (χ0v) is 32.2. The maximum atomic E-state index is 14.8. The van der Waals surface area contributed by atoms with Crippen LogP contribution in [0.25, 0.3) is 16.9 Å². The van der Waals surface area contributed by atoms with Crippen LogP contribution in [0.3, 0.4) is 0 Å². The quantitative estimate of drug-likeness (QED) is 0.0977. The van der Waals surface area contributed by atoms with Crippen molar-refractivity contribution in [2.45, 2.75) is 97.8 Å². The minimum Gasteiger partial charge on any atom is -0.291 e. The first kappa shape index (κ1) is 38.0. The minimum absolute atomic E-state index is 0. The number of aromatic nitrogens is 4. The first-order valence-corrected chi connectivity index (χ1v) is 17.7. The van der Waals surface area contributed by atoms with Crippen LogP contribution in [0.15, 0.2) is 66.9 Å². The zero-order valence-electron chi connectivity index (χ0n) is 29.9. The summed E-state index contributed by atoms with van der Waals surface area (Å²) in [5.74, 6) is -0.330. The molecule has 51 heavy (non-hydrogen) atoms. The maximum absolute atomic E-state index is 14.8. The molecule has 266 valence electrons. The van der Waals surface area contributed by atoms with Gasteiger partial charge in [-0.25, -0.2) is 8.78 Å². The van der Waals surface area contributed by atoms with Gasteiger partial charge in [0, 0.05) is 18.0 Å². The van der Waals surface area contributed by atoms with Gasteiger partial charge in [0.15, 0.2) is 5.82 Å². The molecular formula is C42H44F2N6Pt. The summed E-state index contributed by atoms with van der Waals surface area (Å²) in [6, 6.07) is 26.8. The molecule has 0 radical (unpaired) electrons. The SMILES string of the molecule is CC(C)c1cc(C(C)C)cc(N(c2cccc(-c3[c-]cc(F)nc3F)n2)c2ccn(-c3[c-]cc(CCCC4(C)CCCCC4)c(C#N)c3)n2)c1.[Pt+2]. The van der Waals surface area contributed by atoms with E-state index in [4.69, 9.17) is 10.1 Å². The number of nitriles is 1. The fraction of sp³-hybridized carbons (Fsp3) is 0.381. The van der Waals surface area contributed by atoms with E-state index in [9.17, 15) is 14.0 Å². The number of nitrogens with zero attached hydrogens (tertiary/aromatic N) is 6. The summed E-state index contributed by atoms with van der Waals surface area (Å²) < 4.78 is 30.1. The minimum atomic E-state index is -0.982. The Morgan fingerprint density at radius 3 is 2.31 bits per heavy atom. The predicted octanol–water partition coefficient (Wildman–Crippen LogP) is 11.1. The summed E-state index contributed by atoms with van der Waals surface area (Å²) in [5, 5.41) is 15.1. The van der Waals surface area contributed by atoms with Crippen molar-refractivity contribution >= 4 is 17.3 Å². The molecule has 0 saturated heterocycles. The molecule has 1 aliphatic rings. The van der Waals surface area contributed by atoms with Gasteiger partial charge in [-0.15, -0.1) is 17.7 Å². The third kappa shape index (κ3) is 8.82. The van der Waals surface area contributed by atoms with Crippen molar-refractivity contribution in [3.05, 3.63) is 113 Å². The van der Waals surface area contributed by atoms with Crippen LogP contribution >= 0.6 is 0 Å². The number of halogens is 2. The fourth-order valence-corrected chi connectivity index (χ4v) is 6.96. The molecule has 6 rings (SSSR count). The molecule has 0 unspecified atom stereocenters. The average molecular weight is 866 g/mol. The monoisotopic (exact) mass is 865 g/mol. The Kier molecular flexibility index (Phi) is 12.2. The van der Waals surface area contributed by atoms with Gasteiger partial charge in [-0.3, -0.25) is 19.5 Å². The Morgan fingerprint density at radius 1 is 0.922 bits per heavy atom. The van der Waals surface area contributed by atoms with E-state index in [1.54, 1.807) is 16.8 Å². The molecule has 0 bridgehead atoms. The molecule has 0 atom stereocenters. The van der Waals surface area contributed by atoms with Crippen LogP contribution in [0.1, 0.15) is 114 Å². The van der Waals surface area contributed by atoms with Gasteiger partial charge in [-0.2, -0.15) is 22.5 Å². The molecule has 0 aliphatic heterocycles. The van der Waals surface area contributed by atoms with E-state index in [1.807, 2.05) is 35.4 Å². The molecule has 2 aromatic carbocycles. The molecule has 9 heteroatoms. The van der Waals surface area contributed by atoms with Crippen molar-refractivity contribution in [3.8, 4) is 23.0 Å². The van der Waals surface area contributed by atoms with Crippen molar-refractivity contribution in [2.75, 3.05) is 4.90 Å². The van der Waals surface area contributed by atoms with E-state index in [2.05, 4.69) is 76.0 Å². The van der Waals surface area contributed by atoms with Gasteiger partial charge in [0.25, 0.3) is 0 Å². The fourth-order valence-electron chi connectivity index (χ4n) is 6.96. The third-order valence-electron chi connectivity index (χ3n) is 10.0. The summed E-state index contributed by atoms with van der Waals surface area (Å²) in [5.41, 5.74) is 6.12. The van der Waals surface area contributed by atoms with Crippen molar-refractivity contribution in [3.63, 3.8) is 0 Å². The molecule has 1 fully saturated rings. The Morgan fingerprint density at radius 2 is 1.65 bits per heavy atom. The third-order valence-corrected chi connectivity index (χ3v) is 10.0. The largest absolute Gasteiger partial charge is 2.00 e. The molecule has 3 heterocycles. The van der Waals surface area contributed by atoms with E-state index < -0.39 is 11.9 Å². The van der Waals surface area contributed by atoms with E-state index in [0.717, 1.165) is 41.3 Å². The van der Waals surface area contributed by atoms with Gasteiger partial charge in [0.1, 0.15) is 17.7 Å². The van der Waals surface area contributed by atoms with E-state index in [-0.39, 0.29) is 44.2 Å². The van der Waals surface area contributed by atoms with Crippen LogP contribution in [0, 0.1) is 40.8 Å². The summed E-state index contributed by atoms with van der Waals surface area (Å²) >= 11 is 0. The molecule has 1 saturated carbocycles. The second-order valence-electron chi connectivity index (χ2n) is 14.5. The predicted molar refractivity (Wildman–Crippen MR) is 194 cm³/mol. The molecule has 1 aliphatic carbocycles. The number of hydrogen-bond acceptors (Lipinski definition) is 5. The molecular weight excluding hydrogens is 822 g/mol. The Hall–Kier alpha value is -4.21. The molecule has 6 nitrogen and oxygen atoms in total. The topological polar surface area (TPSA) is 70.6 Å². The van der Waals surface area contributed by atoms with Gasteiger partial charge in [0.05, 0.1) is 6.07 Å². The van der Waals surface area contributed by atoms with Crippen LogP contribution < -0.4 is 4.90 Å². The molecule has 0 spiro atoms. The van der Waals surface area contributed by atoms with E-state index in [1.165, 1.54) is 38.5 Å². The van der Waals surface area contributed by atoms with Crippen LogP contribution in [-0.2, 0) is 27.5 Å². The molecule has 5 aromatic rings. The van der Waals surface area contributed by atoms with E-state index in [0.29, 0.717) is 28.3 Å². The number of pyridine rings is 2. The number of benzene rings is 2. The van der Waals surface area contributed by atoms with Crippen molar-refractivity contribution < 1.29 is 29.8 Å². The van der Waals surface area contributed by atoms with E-state index >= 15 is 0 Å². The van der Waals surface area contributed by atoms with Crippen LogP contribution in [-0.4, -0.2) is 19.7 Å². The Labute approximate surface area is 315 Å². The standard InChI is InChI=1S/C42H44F2N6.Pt/c1-28(2)31-23-32(29(3)4)25-35(24-31)50(39-13-9-12-37(46-39)36-16-17-38(43)47-41(36)44)40-18-22-49(48-40)34-15-14-30(33(26-34)27-45)11-10-21-42(5)19-7-6-8-20-42;/h9,12-14,17-18,22-26,28-29H,6-8,10-11,19-21H2,1-5H3;/q-2;+2. The summed E-state index contributed by atoms with van der Waals surface area (Å²) in [6.45, 7) is 11.0.